The Kier molecular flexibility index (Phi) is 3.67. The van der Waals surface area contributed by atoms with E-state index in [2.05, 4.69) is 18.3 Å². The molecule has 0 N–H and O–H groups in total. The lowest BCUT2D eigenvalue weighted by atomic mass is 10.1. The fraction of sp³-hybridized carbons (Fsp3) is 0.400. The molecule has 0 saturated heterocycles. The van der Waals surface area contributed by atoms with Crippen molar-refractivity contribution in [3.8, 4) is 0 Å². The second kappa shape index (κ2) is 4.89. The summed E-state index contributed by atoms with van der Waals surface area (Å²) < 4.78 is 0. The molecule has 1 aromatic rings. The smallest absolute Gasteiger partial charge is 0.0270 e. The highest BCUT2D eigenvalue weighted by molar-refractivity contribution is 5.18. The molecule has 0 aromatic carbocycles. The van der Waals surface area contributed by atoms with Crippen molar-refractivity contribution in [3.05, 3.63) is 36.5 Å². The van der Waals surface area contributed by atoms with Crippen molar-refractivity contribution in [2.75, 3.05) is 0 Å². The van der Waals surface area contributed by atoms with E-state index in [1.807, 2.05) is 24.5 Å². The van der Waals surface area contributed by atoms with Gasteiger partial charge in [-0.3, -0.25) is 4.98 Å². The summed E-state index contributed by atoms with van der Waals surface area (Å²) >= 11 is 0. The number of rotatable bonds is 4. The van der Waals surface area contributed by atoms with Crippen LogP contribution in [0.15, 0.2) is 24.5 Å². The minimum absolute atomic E-state index is 1.18. The zero-order valence-corrected chi connectivity index (χ0v) is 6.96. The lowest BCUT2D eigenvalue weighted by Gasteiger charge is -1.97. The number of nitrogens with zero attached hydrogens (tertiary/aromatic N) is 1. The fourth-order valence-electron chi connectivity index (χ4n) is 0.972. The van der Waals surface area contributed by atoms with Crippen LogP contribution >= 0.6 is 0 Å². The van der Waals surface area contributed by atoms with Gasteiger partial charge in [-0.2, -0.15) is 0 Å². The van der Waals surface area contributed by atoms with Gasteiger partial charge in [-0.05, 0) is 30.5 Å². The third-order valence-electron chi connectivity index (χ3n) is 1.64. The molecule has 0 spiro atoms. The molecule has 0 saturated carbocycles. The van der Waals surface area contributed by atoms with Gasteiger partial charge in [-0.15, -0.1) is 0 Å². The van der Waals surface area contributed by atoms with Crippen LogP contribution in [0.1, 0.15) is 31.7 Å². The molecule has 0 bridgehead atoms. The van der Waals surface area contributed by atoms with E-state index in [4.69, 9.17) is 0 Å². The predicted molar refractivity (Wildman–Crippen MR) is 47.2 cm³/mol. The third-order valence-corrected chi connectivity index (χ3v) is 1.64. The third kappa shape index (κ3) is 3.17. The van der Waals surface area contributed by atoms with Crippen LogP contribution in [0.25, 0.3) is 0 Å². The highest BCUT2D eigenvalue weighted by Gasteiger charge is 1.90. The van der Waals surface area contributed by atoms with Gasteiger partial charge in [-0.25, -0.2) is 0 Å². The first-order valence-corrected chi connectivity index (χ1v) is 4.16. The van der Waals surface area contributed by atoms with Crippen molar-refractivity contribution in [1.82, 2.24) is 4.98 Å². The number of hydrogen-bond acceptors (Lipinski definition) is 1. The van der Waals surface area contributed by atoms with Gasteiger partial charge in [0, 0.05) is 12.4 Å². The molecule has 0 aliphatic carbocycles. The molecule has 59 valence electrons. The quantitative estimate of drug-likeness (QED) is 0.598. The van der Waals surface area contributed by atoms with E-state index in [0.717, 1.165) is 0 Å². The summed E-state index contributed by atoms with van der Waals surface area (Å²) in [5.74, 6) is 0. The van der Waals surface area contributed by atoms with E-state index in [-0.39, 0.29) is 0 Å². The molecule has 11 heavy (non-hydrogen) atoms. The largest absolute Gasteiger partial charge is 0.265 e. The van der Waals surface area contributed by atoms with Gasteiger partial charge in [-0.1, -0.05) is 19.8 Å². The maximum atomic E-state index is 3.95. The first-order chi connectivity index (χ1) is 5.43. The minimum atomic E-state index is 1.18. The summed E-state index contributed by atoms with van der Waals surface area (Å²) in [5.41, 5.74) is 1.29. The van der Waals surface area contributed by atoms with Crippen molar-refractivity contribution < 1.29 is 0 Å². The van der Waals surface area contributed by atoms with Crippen LogP contribution in [0.4, 0.5) is 0 Å². The molecule has 0 atom stereocenters. The van der Waals surface area contributed by atoms with Crippen LogP contribution < -0.4 is 0 Å². The first kappa shape index (κ1) is 8.25. The van der Waals surface area contributed by atoms with Crippen molar-refractivity contribution in [1.29, 1.82) is 0 Å². The summed E-state index contributed by atoms with van der Waals surface area (Å²) in [4.78, 5) is 3.95. The van der Waals surface area contributed by atoms with Crippen LogP contribution in [0.2, 0.25) is 0 Å². The number of hydrogen-bond donors (Lipinski definition) is 0. The van der Waals surface area contributed by atoms with Crippen LogP contribution in [0.5, 0.6) is 0 Å². The van der Waals surface area contributed by atoms with Gasteiger partial charge >= 0.3 is 0 Å². The van der Waals surface area contributed by atoms with Crippen LogP contribution in [-0.2, 0) is 0 Å². The van der Waals surface area contributed by atoms with Crippen molar-refractivity contribution in [2.45, 2.75) is 26.2 Å². The fourth-order valence-corrected chi connectivity index (χ4v) is 0.972. The van der Waals surface area contributed by atoms with E-state index in [9.17, 15) is 0 Å². The molecule has 1 heterocycles. The predicted octanol–water partition coefficient (Wildman–Crippen LogP) is 2.82. The molecule has 0 fully saturated rings. The Hall–Kier alpha value is -0.850. The Labute approximate surface area is 68.5 Å². The molecule has 1 aromatic heterocycles. The molecule has 0 unspecified atom stereocenters. The molecule has 0 amide bonds. The first-order valence-electron chi connectivity index (χ1n) is 4.16. The lowest BCUT2D eigenvalue weighted by molar-refractivity contribution is 0.790. The Morgan fingerprint density at radius 3 is 2.73 bits per heavy atom. The van der Waals surface area contributed by atoms with Gasteiger partial charge in [0.15, 0.2) is 0 Å². The van der Waals surface area contributed by atoms with Gasteiger partial charge in [0.1, 0.15) is 0 Å². The molecular formula is C10H14N. The maximum absolute atomic E-state index is 3.95. The molecule has 0 aliphatic rings. The molecule has 1 heteroatoms. The van der Waals surface area contributed by atoms with E-state index in [1.54, 1.807) is 0 Å². The second-order valence-electron chi connectivity index (χ2n) is 2.63. The number of unbranched alkanes of at least 4 members (excludes halogenated alkanes) is 2. The minimum Gasteiger partial charge on any atom is -0.265 e. The summed E-state index contributed by atoms with van der Waals surface area (Å²) in [7, 11) is 0. The van der Waals surface area contributed by atoms with Gasteiger partial charge < -0.3 is 0 Å². The number of pyridine rings is 1. The Morgan fingerprint density at radius 2 is 2.09 bits per heavy atom. The summed E-state index contributed by atoms with van der Waals surface area (Å²) in [6.45, 7) is 2.21. The van der Waals surface area contributed by atoms with Crippen LogP contribution in [0, 0.1) is 6.42 Å². The average Bonchev–Trinajstić information content (AvgIpc) is 2.07. The molecular weight excluding hydrogens is 134 g/mol. The van der Waals surface area contributed by atoms with E-state index < -0.39 is 0 Å². The zero-order chi connectivity index (χ0) is 7.94. The Bertz CT molecular complexity index is 181. The lowest BCUT2D eigenvalue weighted by Crippen LogP contribution is -1.81. The molecule has 1 nitrogen and oxygen atoms in total. The Balaban J connectivity index is 2.28. The highest BCUT2D eigenvalue weighted by atomic mass is 14.6. The van der Waals surface area contributed by atoms with Gasteiger partial charge in [0.25, 0.3) is 0 Å². The van der Waals surface area contributed by atoms with Crippen LogP contribution in [0.3, 0.4) is 0 Å². The Morgan fingerprint density at radius 1 is 1.36 bits per heavy atom. The summed E-state index contributed by atoms with van der Waals surface area (Å²) in [5, 5.41) is 0. The summed E-state index contributed by atoms with van der Waals surface area (Å²) in [6.07, 6.45) is 9.64. The zero-order valence-electron chi connectivity index (χ0n) is 6.96. The topological polar surface area (TPSA) is 12.9 Å². The van der Waals surface area contributed by atoms with Gasteiger partial charge in [0.2, 0.25) is 0 Å². The number of aromatic nitrogens is 1. The van der Waals surface area contributed by atoms with E-state index in [1.165, 1.54) is 24.8 Å². The van der Waals surface area contributed by atoms with Crippen molar-refractivity contribution in [3.63, 3.8) is 0 Å². The van der Waals surface area contributed by atoms with Crippen LogP contribution in [-0.4, -0.2) is 4.98 Å². The molecule has 1 rings (SSSR count). The average molecular weight is 148 g/mol. The highest BCUT2D eigenvalue weighted by Crippen LogP contribution is 2.06. The monoisotopic (exact) mass is 148 g/mol. The SMILES string of the molecule is CCCC[CH]c1ccncc1. The summed E-state index contributed by atoms with van der Waals surface area (Å²) in [6, 6.07) is 4.07. The maximum Gasteiger partial charge on any atom is 0.0270 e. The molecule has 0 aliphatic heterocycles. The van der Waals surface area contributed by atoms with Crippen molar-refractivity contribution in [2.24, 2.45) is 0 Å². The normalized spacial score (nSPS) is 9.91. The van der Waals surface area contributed by atoms with Gasteiger partial charge in [0.05, 0.1) is 0 Å². The second-order valence-corrected chi connectivity index (χ2v) is 2.63. The van der Waals surface area contributed by atoms with Crippen molar-refractivity contribution >= 4 is 0 Å². The standard InChI is InChI=1S/C10H14N/c1-2-3-4-5-10-6-8-11-9-7-10/h5-9H,2-4H2,1H3. The van der Waals surface area contributed by atoms with E-state index >= 15 is 0 Å². The molecule has 1 radical (unpaired) electrons. The van der Waals surface area contributed by atoms with E-state index in [0.29, 0.717) is 0 Å².